The Bertz CT molecular complexity index is 608. The van der Waals surface area contributed by atoms with Gasteiger partial charge < -0.3 is 16.8 Å². The van der Waals surface area contributed by atoms with Gasteiger partial charge in [-0.15, -0.1) is 0 Å². The van der Waals surface area contributed by atoms with Crippen LogP contribution < -0.4 is 16.8 Å². The molecule has 1 amide bonds. The first-order valence-corrected chi connectivity index (χ1v) is 6.39. The number of aryl methyl sites for hydroxylation is 1. The van der Waals surface area contributed by atoms with Crippen LogP contribution in [0.15, 0.2) is 36.5 Å². The summed E-state index contributed by atoms with van der Waals surface area (Å²) >= 11 is 0. The fourth-order valence-electron chi connectivity index (χ4n) is 1.98. The SMILES string of the molecule is Cc1ccnc(NCc2ccc(CN)cc2)c1C(N)=O. The first-order valence-electron chi connectivity index (χ1n) is 6.39. The van der Waals surface area contributed by atoms with E-state index in [0.717, 1.165) is 16.7 Å². The van der Waals surface area contributed by atoms with E-state index < -0.39 is 5.91 Å². The van der Waals surface area contributed by atoms with Crippen LogP contribution in [0.5, 0.6) is 0 Å². The predicted molar refractivity (Wildman–Crippen MR) is 79.2 cm³/mol. The standard InChI is InChI=1S/C15H18N4O/c1-10-6-7-18-15(13(10)14(17)20)19-9-12-4-2-11(8-16)3-5-12/h2-7H,8-9,16H2,1H3,(H2,17,20)(H,18,19). The minimum Gasteiger partial charge on any atom is -0.365 e. The number of carbonyl (C=O) groups excluding carboxylic acids is 1. The second-order valence-corrected chi connectivity index (χ2v) is 4.59. The number of pyridine rings is 1. The van der Waals surface area contributed by atoms with Crippen LogP contribution in [0.25, 0.3) is 0 Å². The Morgan fingerprint density at radius 1 is 1.20 bits per heavy atom. The van der Waals surface area contributed by atoms with Gasteiger partial charge in [0.1, 0.15) is 5.82 Å². The molecule has 0 saturated carbocycles. The first kappa shape index (κ1) is 14.0. The van der Waals surface area contributed by atoms with Crippen LogP contribution in [0.2, 0.25) is 0 Å². The summed E-state index contributed by atoms with van der Waals surface area (Å²) in [4.78, 5) is 15.6. The summed E-state index contributed by atoms with van der Waals surface area (Å²) in [6.45, 7) is 2.93. The summed E-state index contributed by atoms with van der Waals surface area (Å²) in [5.74, 6) is 0.0389. The molecule has 0 fully saturated rings. The number of amides is 1. The van der Waals surface area contributed by atoms with Crippen LogP contribution in [0.3, 0.4) is 0 Å². The van der Waals surface area contributed by atoms with E-state index in [9.17, 15) is 4.79 Å². The van der Waals surface area contributed by atoms with Gasteiger partial charge in [0, 0.05) is 19.3 Å². The predicted octanol–water partition coefficient (Wildman–Crippen LogP) is 1.56. The van der Waals surface area contributed by atoms with Crippen molar-refractivity contribution in [3.63, 3.8) is 0 Å². The number of rotatable bonds is 5. The zero-order valence-corrected chi connectivity index (χ0v) is 11.4. The molecule has 1 aromatic carbocycles. The average Bonchev–Trinajstić information content (AvgIpc) is 2.45. The van der Waals surface area contributed by atoms with Crippen molar-refractivity contribution in [2.75, 3.05) is 5.32 Å². The summed E-state index contributed by atoms with van der Waals surface area (Å²) in [6.07, 6.45) is 1.65. The molecule has 1 heterocycles. The van der Waals surface area contributed by atoms with Gasteiger partial charge in [-0.05, 0) is 29.7 Å². The van der Waals surface area contributed by atoms with Gasteiger partial charge in [0.05, 0.1) is 5.56 Å². The average molecular weight is 270 g/mol. The van der Waals surface area contributed by atoms with Crippen LogP contribution in [-0.4, -0.2) is 10.9 Å². The van der Waals surface area contributed by atoms with Crippen LogP contribution >= 0.6 is 0 Å². The summed E-state index contributed by atoms with van der Waals surface area (Å²) in [6, 6.07) is 9.72. The van der Waals surface area contributed by atoms with E-state index in [1.54, 1.807) is 12.3 Å². The molecule has 5 nitrogen and oxygen atoms in total. The van der Waals surface area contributed by atoms with Crippen molar-refractivity contribution in [2.24, 2.45) is 11.5 Å². The Labute approximate surface area is 118 Å². The van der Waals surface area contributed by atoms with Crippen molar-refractivity contribution in [3.05, 3.63) is 58.8 Å². The van der Waals surface area contributed by atoms with Crippen molar-refractivity contribution < 1.29 is 4.79 Å². The van der Waals surface area contributed by atoms with Crippen molar-refractivity contribution in [1.82, 2.24) is 4.98 Å². The van der Waals surface area contributed by atoms with E-state index in [1.807, 2.05) is 31.2 Å². The molecule has 5 N–H and O–H groups in total. The van der Waals surface area contributed by atoms with E-state index in [4.69, 9.17) is 11.5 Å². The lowest BCUT2D eigenvalue weighted by atomic mass is 10.1. The second kappa shape index (κ2) is 6.16. The van der Waals surface area contributed by atoms with Crippen molar-refractivity contribution in [1.29, 1.82) is 0 Å². The quantitative estimate of drug-likeness (QED) is 0.768. The number of primary amides is 1. The molecule has 0 aliphatic carbocycles. The van der Waals surface area contributed by atoms with E-state index in [2.05, 4.69) is 10.3 Å². The Hall–Kier alpha value is -2.40. The van der Waals surface area contributed by atoms with Crippen molar-refractivity contribution >= 4 is 11.7 Å². The number of nitrogens with zero attached hydrogens (tertiary/aromatic N) is 1. The summed E-state index contributed by atoms with van der Waals surface area (Å²) < 4.78 is 0. The molecular weight excluding hydrogens is 252 g/mol. The highest BCUT2D eigenvalue weighted by Gasteiger charge is 2.12. The van der Waals surface area contributed by atoms with Gasteiger partial charge in [-0.25, -0.2) is 4.98 Å². The molecule has 2 aromatic rings. The van der Waals surface area contributed by atoms with Gasteiger partial charge in [0.15, 0.2) is 0 Å². The van der Waals surface area contributed by atoms with E-state index in [0.29, 0.717) is 24.5 Å². The third-order valence-corrected chi connectivity index (χ3v) is 3.12. The Morgan fingerprint density at radius 3 is 2.45 bits per heavy atom. The Balaban J connectivity index is 2.14. The van der Waals surface area contributed by atoms with Crippen LogP contribution in [-0.2, 0) is 13.1 Å². The number of aromatic nitrogens is 1. The van der Waals surface area contributed by atoms with E-state index in [-0.39, 0.29) is 0 Å². The number of carbonyl (C=O) groups is 1. The third kappa shape index (κ3) is 3.13. The summed E-state index contributed by atoms with van der Waals surface area (Å²) in [5, 5.41) is 3.15. The lowest BCUT2D eigenvalue weighted by Gasteiger charge is -2.11. The topological polar surface area (TPSA) is 94.0 Å². The molecule has 20 heavy (non-hydrogen) atoms. The van der Waals surface area contributed by atoms with Crippen molar-refractivity contribution in [2.45, 2.75) is 20.0 Å². The van der Waals surface area contributed by atoms with Gasteiger partial charge >= 0.3 is 0 Å². The van der Waals surface area contributed by atoms with E-state index >= 15 is 0 Å². The highest BCUT2D eigenvalue weighted by atomic mass is 16.1. The second-order valence-electron chi connectivity index (χ2n) is 4.59. The Morgan fingerprint density at radius 2 is 1.85 bits per heavy atom. The van der Waals surface area contributed by atoms with E-state index in [1.165, 1.54) is 0 Å². The van der Waals surface area contributed by atoms with Crippen LogP contribution in [0, 0.1) is 6.92 Å². The third-order valence-electron chi connectivity index (χ3n) is 3.12. The molecular formula is C15H18N4O. The summed E-state index contributed by atoms with van der Waals surface area (Å²) in [5.41, 5.74) is 14.4. The van der Waals surface area contributed by atoms with Gasteiger partial charge in [-0.2, -0.15) is 0 Å². The number of nitrogens with two attached hydrogens (primary N) is 2. The molecule has 0 aliphatic heterocycles. The molecule has 0 unspecified atom stereocenters. The van der Waals surface area contributed by atoms with Gasteiger partial charge in [0.2, 0.25) is 0 Å². The fraction of sp³-hybridized carbons (Fsp3) is 0.200. The number of hydrogen-bond acceptors (Lipinski definition) is 4. The normalized spacial score (nSPS) is 10.3. The van der Waals surface area contributed by atoms with Crippen molar-refractivity contribution in [3.8, 4) is 0 Å². The largest absolute Gasteiger partial charge is 0.365 e. The zero-order valence-electron chi connectivity index (χ0n) is 11.4. The Kier molecular flexibility index (Phi) is 4.32. The van der Waals surface area contributed by atoms with Gasteiger partial charge in [-0.1, -0.05) is 24.3 Å². The molecule has 104 valence electrons. The number of hydrogen-bond donors (Lipinski definition) is 3. The number of benzene rings is 1. The molecule has 0 spiro atoms. The maximum Gasteiger partial charge on any atom is 0.252 e. The molecule has 0 aliphatic rings. The highest BCUT2D eigenvalue weighted by molar-refractivity contribution is 5.98. The monoisotopic (exact) mass is 270 g/mol. The molecule has 2 rings (SSSR count). The molecule has 1 aromatic heterocycles. The smallest absolute Gasteiger partial charge is 0.252 e. The maximum absolute atomic E-state index is 11.5. The highest BCUT2D eigenvalue weighted by Crippen LogP contribution is 2.17. The van der Waals surface area contributed by atoms with Gasteiger partial charge in [-0.3, -0.25) is 4.79 Å². The fourth-order valence-corrected chi connectivity index (χ4v) is 1.98. The minimum absolute atomic E-state index is 0.436. The van der Waals surface area contributed by atoms with Crippen LogP contribution in [0.4, 0.5) is 5.82 Å². The molecule has 0 radical (unpaired) electrons. The summed E-state index contributed by atoms with van der Waals surface area (Å²) in [7, 11) is 0. The molecule has 5 heteroatoms. The number of anilines is 1. The maximum atomic E-state index is 11.5. The lowest BCUT2D eigenvalue weighted by Crippen LogP contribution is -2.17. The first-order chi connectivity index (χ1) is 9.61. The number of nitrogens with one attached hydrogen (secondary N) is 1. The minimum atomic E-state index is -0.475. The van der Waals surface area contributed by atoms with Gasteiger partial charge in [0.25, 0.3) is 5.91 Å². The molecule has 0 saturated heterocycles. The molecule has 0 bridgehead atoms. The van der Waals surface area contributed by atoms with Crippen LogP contribution in [0.1, 0.15) is 27.0 Å². The lowest BCUT2D eigenvalue weighted by molar-refractivity contribution is 0.1000. The molecule has 0 atom stereocenters. The zero-order chi connectivity index (χ0) is 14.5.